The van der Waals surface area contributed by atoms with Crippen LogP contribution in [0.5, 0.6) is 11.5 Å². The molecule has 0 bridgehead atoms. The minimum absolute atomic E-state index is 0.227. The van der Waals surface area contributed by atoms with Crippen LogP contribution in [-0.2, 0) is 10.1 Å². The van der Waals surface area contributed by atoms with E-state index in [1.165, 1.54) is 25.3 Å². The molecule has 0 spiro atoms. The maximum Gasteiger partial charge on any atom is 0.339 e. The second-order valence-corrected chi connectivity index (χ2v) is 6.08. The van der Waals surface area contributed by atoms with Gasteiger partial charge in [-0.05, 0) is 36.8 Å². The van der Waals surface area contributed by atoms with E-state index in [0.29, 0.717) is 17.4 Å². The van der Waals surface area contributed by atoms with Gasteiger partial charge in [-0.15, -0.1) is 0 Å². The summed E-state index contributed by atoms with van der Waals surface area (Å²) in [5.41, 5.74) is -0.119. The molecule has 9 heteroatoms. The van der Waals surface area contributed by atoms with Crippen molar-refractivity contribution < 1.29 is 26.7 Å². The molecule has 0 radical (unpaired) electrons. The molecule has 0 atom stereocenters. The number of halogens is 1. The van der Waals surface area contributed by atoms with Gasteiger partial charge in [0.15, 0.2) is 0 Å². The van der Waals surface area contributed by atoms with Crippen LogP contribution in [0.3, 0.4) is 0 Å². The zero-order valence-electron chi connectivity index (χ0n) is 12.1. The molecule has 23 heavy (non-hydrogen) atoms. The average Bonchev–Trinajstić information content (AvgIpc) is 2.46. The van der Waals surface area contributed by atoms with Gasteiger partial charge >= 0.3 is 15.8 Å². The molecular formula is C14H12FNO6S. The summed E-state index contributed by atoms with van der Waals surface area (Å²) in [7, 11) is -2.93. The number of rotatable bonds is 5. The third-order valence-corrected chi connectivity index (χ3v) is 4.20. The van der Waals surface area contributed by atoms with Crippen molar-refractivity contribution in [1.29, 1.82) is 0 Å². The minimum atomic E-state index is -4.36. The summed E-state index contributed by atoms with van der Waals surface area (Å²) in [6, 6.07) is 6.26. The number of nitro benzene ring substituents is 1. The second-order valence-electron chi connectivity index (χ2n) is 4.54. The Hall–Kier alpha value is -2.68. The summed E-state index contributed by atoms with van der Waals surface area (Å²) in [6.07, 6.45) is 0. The molecule has 0 N–H and O–H groups in total. The normalized spacial score (nSPS) is 11.1. The lowest BCUT2D eigenvalue weighted by molar-refractivity contribution is -0.385. The highest BCUT2D eigenvalue weighted by molar-refractivity contribution is 7.87. The number of benzene rings is 2. The molecule has 0 aromatic heterocycles. The highest BCUT2D eigenvalue weighted by Gasteiger charge is 2.24. The fourth-order valence-electron chi connectivity index (χ4n) is 1.88. The minimum Gasteiger partial charge on any atom is -0.496 e. The lowest BCUT2D eigenvalue weighted by Gasteiger charge is -2.10. The molecule has 7 nitrogen and oxygen atoms in total. The van der Waals surface area contributed by atoms with E-state index in [4.69, 9.17) is 8.92 Å². The van der Waals surface area contributed by atoms with Crippen LogP contribution in [0, 0.1) is 22.9 Å². The first kappa shape index (κ1) is 16.7. The van der Waals surface area contributed by atoms with Gasteiger partial charge in [0.05, 0.1) is 12.0 Å². The maximum absolute atomic E-state index is 13.2. The van der Waals surface area contributed by atoms with Gasteiger partial charge in [0.1, 0.15) is 16.5 Å². The van der Waals surface area contributed by atoms with Crippen molar-refractivity contribution in [2.75, 3.05) is 7.11 Å². The van der Waals surface area contributed by atoms with E-state index in [1.807, 2.05) is 0 Å². The van der Waals surface area contributed by atoms with E-state index in [-0.39, 0.29) is 4.90 Å². The first-order valence-electron chi connectivity index (χ1n) is 6.27. The van der Waals surface area contributed by atoms with Crippen molar-refractivity contribution in [3.63, 3.8) is 0 Å². The second kappa shape index (κ2) is 6.21. The number of hydrogen-bond acceptors (Lipinski definition) is 6. The Balaban J connectivity index is 2.45. The van der Waals surface area contributed by atoms with Crippen LogP contribution >= 0.6 is 0 Å². The molecule has 0 unspecified atom stereocenters. The zero-order chi connectivity index (χ0) is 17.2. The van der Waals surface area contributed by atoms with Gasteiger partial charge in [0.25, 0.3) is 0 Å². The van der Waals surface area contributed by atoms with Gasteiger partial charge in [-0.1, -0.05) is 0 Å². The molecule has 0 heterocycles. The Morgan fingerprint density at radius 1 is 1.13 bits per heavy atom. The predicted molar refractivity (Wildman–Crippen MR) is 78.6 cm³/mol. The van der Waals surface area contributed by atoms with Gasteiger partial charge < -0.3 is 8.92 Å². The molecule has 122 valence electrons. The number of nitro groups is 1. The Bertz CT molecular complexity index is 866. The van der Waals surface area contributed by atoms with Crippen LogP contribution in [0.15, 0.2) is 41.3 Å². The first-order chi connectivity index (χ1) is 10.7. The van der Waals surface area contributed by atoms with Gasteiger partial charge in [-0.25, -0.2) is 4.39 Å². The van der Waals surface area contributed by atoms with E-state index < -0.39 is 32.3 Å². The molecule has 0 aliphatic heterocycles. The number of methoxy groups -OCH3 is 1. The Morgan fingerprint density at radius 2 is 1.83 bits per heavy atom. The molecular weight excluding hydrogens is 329 g/mol. The highest BCUT2D eigenvalue weighted by Crippen LogP contribution is 2.31. The summed E-state index contributed by atoms with van der Waals surface area (Å²) in [5, 5.41) is 10.9. The molecule has 2 aromatic carbocycles. The van der Waals surface area contributed by atoms with Crippen LogP contribution in [0.4, 0.5) is 10.1 Å². The van der Waals surface area contributed by atoms with Crippen molar-refractivity contribution in [3.8, 4) is 11.5 Å². The molecule has 2 rings (SSSR count). The molecule has 0 fully saturated rings. The molecule has 2 aromatic rings. The summed E-state index contributed by atoms with van der Waals surface area (Å²) in [6.45, 7) is 1.63. The van der Waals surface area contributed by atoms with Crippen LogP contribution < -0.4 is 8.92 Å². The van der Waals surface area contributed by atoms with Gasteiger partial charge in [-0.3, -0.25) is 10.1 Å². The summed E-state index contributed by atoms with van der Waals surface area (Å²) in [4.78, 5) is 9.80. The van der Waals surface area contributed by atoms with Gasteiger partial charge in [0.2, 0.25) is 5.75 Å². The van der Waals surface area contributed by atoms with E-state index in [0.717, 1.165) is 12.1 Å². The monoisotopic (exact) mass is 341 g/mol. The van der Waals surface area contributed by atoms with E-state index in [2.05, 4.69) is 0 Å². The fourth-order valence-corrected chi connectivity index (χ4v) is 2.90. The molecule has 0 aliphatic carbocycles. The smallest absolute Gasteiger partial charge is 0.339 e. The Kier molecular flexibility index (Phi) is 4.50. The lowest BCUT2D eigenvalue weighted by Crippen LogP contribution is -2.11. The van der Waals surface area contributed by atoms with E-state index in [1.54, 1.807) is 6.92 Å². The van der Waals surface area contributed by atoms with Crippen LogP contribution in [-0.4, -0.2) is 20.5 Å². The van der Waals surface area contributed by atoms with Crippen molar-refractivity contribution in [2.24, 2.45) is 0 Å². The first-order valence-corrected chi connectivity index (χ1v) is 7.68. The third kappa shape index (κ3) is 3.57. The lowest BCUT2D eigenvalue weighted by atomic mass is 10.2. The van der Waals surface area contributed by atoms with Crippen molar-refractivity contribution in [3.05, 3.63) is 57.9 Å². The van der Waals surface area contributed by atoms with Gasteiger partial charge in [0, 0.05) is 12.1 Å². The van der Waals surface area contributed by atoms with Crippen molar-refractivity contribution in [2.45, 2.75) is 11.8 Å². The Morgan fingerprint density at radius 3 is 2.39 bits per heavy atom. The third-order valence-electron chi connectivity index (χ3n) is 2.97. The fraction of sp³-hybridized carbons (Fsp3) is 0.143. The predicted octanol–water partition coefficient (Wildman–Crippen LogP) is 2.82. The summed E-state index contributed by atoms with van der Waals surface area (Å²) in [5.74, 6) is -1.07. The molecule has 0 saturated carbocycles. The molecule has 0 saturated heterocycles. The zero-order valence-corrected chi connectivity index (χ0v) is 13.0. The maximum atomic E-state index is 13.2. The number of aryl methyl sites for hydroxylation is 1. The average molecular weight is 341 g/mol. The standard InChI is InChI=1S/C14H12FNO6S/c1-9-7-11(4-6-13(9)21-2)23(19,20)22-14-8-10(15)3-5-12(14)16(17)18/h3-8H,1-2H3. The highest BCUT2D eigenvalue weighted by atomic mass is 32.2. The van der Waals surface area contributed by atoms with Crippen LogP contribution in [0.25, 0.3) is 0 Å². The molecule has 0 aliphatic rings. The quantitative estimate of drug-likeness (QED) is 0.471. The largest absolute Gasteiger partial charge is 0.496 e. The van der Waals surface area contributed by atoms with Crippen LogP contribution in [0.1, 0.15) is 5.56 Å². The summed E-state index contributed by atoms with van der Waals surface area (Å²) >= 11 is 0. The number of ether oxygens (including phenoxy) is 1. The van der Waals surface area contributed by atoms with Gasteiger partial charge in [-0.2, -0.15) is 8.42 Å². The van der Waals surface area contributed by atoms with E-state index >= 15 is 0 Å². The number of nitrogens with zero attached hydrogens (tertiary/aromatic N) is 1. The topological polar surface area (TPSA) is 95.7 Å². The molecule has 0 amide bonds. The van der Waals surface area contributed by atoms with E-state index in [9.17, 15) is 22.9 Å². The van der Waals surface area contributed by atoms with Crippen molar-refractivity contribution in [1.82, 2.24) is 0 Å². The van der Waals surface area contributed by atoms with Crippen molar-refractivity contribution >= 4 is 15.8 Å². The number of hydrogen-bond donors (Lipinski definition) is 0. The van der Waals surface area contributed by atoms with Crippen LogP contribution in [0.2, 0.25) is 0 Å². The summed E-state index contributed by atoms with van der Waals surface area (Å²) < 4.78 is 47.5. The Labute approximate surface area is 131 Å². The SMILES string of the molecule is COc1ccc(S(=O)(=O)Oc2cc(F)ccc2[N+](=O)[O-])cc1C.